The SMILES string of the molecule is CC1CCCC(NC(=O)OC(C)(C)C)(C(=O)CCl)C1. The van der Waals surface area contributed by atoms with E-state index in [1.54, 1.807) is 20.8 Å². The summed E-state index contributed by atoms with van der Waals surface area (Å²) in [6.45, 7) is 7.48. The Balaban J connectivity index is 2.81. The van der Waals surface area contributed by atoms with Crippen molar-refractivity contribution < 1.29 is 14.3 Å². The number of carbonyl (C=O) groups is 2. The average Bonchev–Trinajstić information content (AvgIpc) is 2.24. The predicted octanol–water partition coefficient (Wildman–Crippen LogP) is 3.27. The summed E-state index contributed by atoms with van der Waals surface area (Å²) in [6.07, 6.45) is 2.73. The number of alkyl carbamates (subject to hydrolysis) is 1. The number of halogens is 1. The molecule has 1 fully saturated rings. The van der Waals surface area contributed by atoms with Gasteiger partial charge in [-0.1, -0.05) is 19.8 Å². The first-order chi connectivity index (χ1) is 8.68. The van der Waals surface area contributed by atoms with Crippen molar-refractivity contribution in [2.45, 2.75) is 64.5 Å². The number of rotatable bonds is 3. The summed E-state index contributed by atoms with van der Waals surface area (Å²) in [7, 11) is 0. The maximum atomic E-state index is 12.1. The van der Waals surface area contributed by atoms with Crippen LogP contribution in [0.25, 0.3) is 0 Å². The maximum absolute atomic E-state index is 12.1. The van der Waals surface area contributed by atoms with Gasteiger partial charge in [0.25, 0.3) is 0 Å². The molecule has 1 aliphatic rings. The highest BCUT2D eigenvalue weighted by atomic mass is 35.5. The summed E-state index contributed by atoms with van der Waals surface area (Å²) < 4.78 is 5.25. The molecule has 1 aliphatic carbocycles. The quantitative estimate of drug-likeness (QED) is 0.811. The van der Waals surface area contributed by atoms with Crippen molar-refractivity contribution in [3.05, 3.63) is 0 Å². The van der Waals surface area contributed by atoms with Gasteiger partial charge in [-0.25, -0.2) is 4.79 Å². The second-order valence-corrected chi connectivity index (χ2v) is 6.73. The average molecular weight is 290 g/mol. The van der Waals surface area contributed by atoms with Gasteiger partial charge in [-0.05, 0) is 39.5 Å². The Bertz CT molecular complexity index is 351. The molecule has 0 saturated heterocycles. The highest BCUT2D eigenvalue weighted by molar-refractivity contribution is 6.29. The van der Waals surface area contributed by atoms with Crippen molar-refractivity contribution in [3.63, 3.8) is 0 Å². The number of ketones is 1. The summed E-state index contributed by atoms with van der Waals surface area (Å²) >= 11 is 5.70. The third-order valence-electron chi connectivity index (χ3n) is 3.39. The van der Waals surface area contributed by atoms with Crippen molar-refractivity contribution in [2.75, 3.05) is 5.88 Å². The van der Waals surface area contributed by atoms with Crippen LogP contribution in [0.5, 0.6) is 0 Å². The largest absolute Gasteiger partial charge is 0.444 e. The molecule has 0 spiro atoms. The van der Waals surface area contributed by atoms with Gasteiger partial charge in [-0.3, -0.25) is 4.79 Å². The number of alkyl halides is 1. The van der Waals surface area contributed by atoms with Crippen LogP contribution in [0.2, 0.25) is 0 Å². The summed E-state index contributed by atoms with van der Waals surface area (Å²) in [5, 5.41) is 2.77. The molecular weight excluding hydrogens is 266 g/mol. The minimum Gasteiger partial charge on any atom is -0.444 e. The van der Waals surface area contributed by atoms with Crippen LogP contribution in [0, 0.1) is 5.92 Å². The molecule has 0 aromatic carbocycles. The van der Waals surface area contributed by atoms with E-state index in [0.717, 1.165) is 12.8 Å². The van der Waals surface area contributed by atoms with E-state index >= 15 is 0 Å². The van der Waals surface area contributed by atoms with Crippen LogP contribution in [-0.4, -0.2) is 28.9 Å². The molecule has 110 valence electrons. The van der Waals surface area contributed by atoms with Crippen molar-refractivity contribution >= 4 is 23.5 Å². The molecule has 2 atom stereocenters. The second-order valence-electron chi connectivity index (χ2n) is 6.47. The van der Waals surface area contributed by atoms with Crippen LogP contribution >= 0.6 is 11.6 Å². The smallest absolute Gasteiger partial charge is 0.408 e. The molecule has 0 heterocycles. The Labute approximate surface area is 120 Å². The Morgan fingerprint density at radius 2 is 2.05 bits per heavy atom. The number of ether oxygens (including phenoxy) is 1. The normalized spacial score (nSPS) is 27.7. The molecule has 0 bridgehead atoms. The van der Waals surface area contributed by atoms with E-state index in [0.29, 0.717) is 18.8 Å². The van der Waals surface area contributed by atoms with Crippen molar-refractivity contribution in [1.29, 1.82) is 0 Å². The second kappa shape index (κ2) is 6.12. The Hall–Kier alpha value is -0.770. The Morgan fingerprint density at radius 1 is 1.42 bits per heavy atom. The van der Waals surface area contributed by atoms with E-state index in [9.17, 15) is 9.59 Å². The van der Waals surface area contributed by atoms with Gasteiger partial charge < -0.3 is 10.1 Å². The van der Waals surface area contributed by atoms with Gasteiger partial charge in [-0.15, -0.1) is 11.6 Å². The van der Waals surface area contributed by atoms with Crippen molar-refractivity contribution in [3.8, 4) is 0 Å². The lowest BCUT2D eigenvalue weighted by Gasteiger charge is -2.39. The number of nitrogens with one attached hydrogen (secondary N) is 1. The van der Waals surface area contributed by atoms with Crippen LogP contribution in [-0.2, 0) is 9.53 Å². The molecule has 1 rings (SSSR count). The molecule has 0 aromatic rings. The standard InChI is InChI=1S/C14H24ClNO3/c1-10-6-5-7-14(8-10,11(17)9-15)16-12(18)19-13(2,3)4/h10H,5-9H2,1-4H3,(H,16,18). The fourth-order valence-corrected chi connectivity index (χ4v) is 2.87. The number of Topliss-reactive ketones (excluding diaryl/α,β-unsaturated/α-hetero) is 1. The zero-order valence-corrected chi connectivity index (χ0v) is 13.0. The zero-order chi connectivity index (χ0) is 14.7. The van der Waals surface area contributed by atoms with E-state index in [1.165, 1.54) is 0 Å². The molecule has 0 aliphatic heterocycles. The lowest BCUT2D eigenvalue weighted by molar-refractivity contribution is -0.125. The first-order valence-corrected chi connectivity index (χ1v) is 7.32. The van der Waals surface area contributed by atoms with Crippen LogP contribution < -0.4 is 5.32 Å². The fourth-order valence-electron chi connectivity index (χ4n) is 2.61. The van der Waals surface area contributed by atoms with Crippen LogP contribution in [0.3, 0.4) is 0 Å². The summed E-state index contributed by atoms with van der Waals surface area (Å²) in [5.41, 5.74) is -1.42. The van der Waals surface area contributed by atoms with E-state index in [-0.39, 0.29) is 11.7 Å². The molecule has 5 heteroatoms. The third kappa shape index (κ3) is 4.68. The van der Waals surface area contributed by atoms with Crippen molar-refractivity contribution in [1.82, 2.24) is 5.32 Å². The number of amides is 1. The molecule has 1 saturated carbocycles. The number of carbonyl (C=O) groups excluding carboxylic acids is 2. The van der Waals surface area contributed by atoms with E-state index < -0.39 is 17.2 Å². The monoisotopic (exact) mass is 289 g/mol. The van der Waals surface area contributed by atoms with Gasteiger partial charge in [0, 0.05) is 0 Å². The van der Waals surface area contributed by atoms with Gasteiger partial charge in [0.15, 0.2) is 5.78 Å². The van der Waals surface area contributed by atoms with Gasteiger partial charge in [-0.2, -0.15) is 0 Å². The molecule has 2 unspecified atom stereocenters. The van der Waals surface area contributed by atoms with Gasteiger partial charge in [0.2, 0.25) is 0 Å². The van der Waals surface area contributed by atoms with E-state index in [4.69, 9.17) is 16.3 Å². The molecular formula is C14H24ClNO3. The number of hydrogen-bond donors (Lipinski definition) is 1. The highest BCUT2D eigenvalue weighted by Crippen LogP contribution is 2.33. The van der Waals surface area contributed by atoms with Gasteiger partial charge in [0.1, 0.15) is 11.1 Å². The topological polar surface area (TPSA) is 55.4 Å². The summed E-state index contributed by atoms with van der Waals surface area (Å²) in [6, 6.07) is 0. The number of hydrogen-bond acceptors (Lipinski definition) is 3. The highest BCUT2D eigenvalue weighted by Gasteiger charge is 2.42. The molecule has 4 nitrogen and oxygen atoms in total. The van der Waals surface area contributed by atoms with Crippen LogP contribution in [0.15, 0.2) is 0 Å². The molecule has 1 amide bonds. The summed E-state index contributed by atoms with van der Waals surface area (Å²) in [4.78, 5) is 24.1. The van der Waals surface area contributed by atoms with Crippen LogP contribution in [0.1, 0.15) is 53.4 Å². The Morgan fingerprint density at radius 3 is 2.53 bits per heavy atom. The molecule has 0 aromatic heterocycles. The molecule has 0 radical (unpaired) electrons. The molecule has 1 N–H and O–H groups in total. The minimum absolute atomic E-state index is 0.0808. The van der Waals surface area contributed by atoms with E-state index in [2.05, 4.69) is 12.2 Å². The maximum Gasteiger partial charge on any atom is 0.408 e. The van der Waals surface area contributed by atoms with E-state index in [1.807, 2.05) is 0 Å². The summed E-state index contributed by atoms with van der Waals surface area (Å²) in [5.74, 6) is 0.199. The lowest BCUT2D eigenvalue weighted by atomic mass is 9.74. The van der Waals surface area contributed by atoms with Crippen LogP contribution in [0.4, 0.5) is 4.79 Å². The fraction of sp³-hybridized carbons (Fsp3) is 0.857. The van der Waals surface area contributed by atoms with Crippen molar-refractivity contribution in [2.24, 2.45) is 5.92 Å². The first kappa shape index (κ1) is 16.3. The third-order valence-corrected chi connectivity index (χ3v) is 3.64. The zero-order valence-electron chi connectivity index (χ0n) is 12.2. The Kier molecular flexibility index (Phi) is 5.25. The predicted molar refractivity (Wildman–Crippen MR) is 75.5 cm³/mol. The molecule has 19 heavy (non-hydrogen) atoms. The minimum atomic E-state index is -0.845. The lowest BCUT2D eigenvalue weighted by Crippen LogP contribution is -2.58. The van der Waals surface area contributed by atoms with Gasteiger partial charge in [0.05, 0.1) is 5.88 Å². The first-order valence-electron chi connectivity index (χ1n) is 6.79. The van der Waals surface area contributed by atoms with Gasteiger partial charge >= 0.3 is 6.09 Å².